The van der Waals surface area contributed by atoms with Crippen LogP contribution in [0.1, 0.15) is 53.5 Å². The highest BCUT2D eigenvalue weighted by Gasteiger charge is 2.15. The monoisotopic (exact) mass is 234 g/mol. The SMILES string of the molecule is CCC(Nc1ccc(C(C)(C)C)cn1)C(C)C. The summed E-state index contributed by atoms with van der Waals surface area (Å²) in [5.74, 6) is 1.61. The van der Waals surface area contributed by atoms with Gasteiger partial charge in [0.15, 0.2) is 0 Å². The molecule has 2 heteroatoms. The molecule has 1 aromatic rings. The minimum atomic E-state index is 0.174. The molecule has 1 atom stereocenters. The second kappa shape index (κ2) is 5.52. The Morgan fingerprint density at radius 3 is 2.24 bits per heavy atom. The van der Waals surface area contributed by atoms with Crippen molar-refractivity contribution >= 4 is 5.82 Å². The van der Waals surface area contributed by atoms with Crippen molar-refractivity contribution in [3.05, 3.63) is 23.9 Å². The summed E-state index contributed by atoms with van der Waals surface area (Å²) >= 11 is 0. The van der Waals surface area contributed by atoms with Crippen molar-refractivity contribution in [2.45, 2.75) is 59.4 Å². The van der Waals surface area contributed by atoms with E-state index in [9.17, 15) is 0 Å². The summed E-state index contributed by atoms with van der Waals surface area (Å²) in [7, 11) is 0. The van der Waals surface area contributed by atoms with E-state index in [4.69, 9.17) is 0 Å². The summed E-state index contributed by atoms with van der Waals surface area (Å²) in [5, 5.41) is 3.50. The smallest absolute Gasteiger partial charge is 0.126 e. The second-order valence-electron chi connectivity index (χ2n) is 6.09. The number of aromatic nitrogens is 1. The molecule has 2 nitrogen and oxygen atoms in total. The maximum atomic E-state index is 4.50. The van der Waals surface area contributed by atoms with Gasteiger partial charge in [0.2, 0.25) is 0 Å². The van der Waals surface area contributed by atoms with Gasteiger partial charge in [-0.2, -0.15) is 0 Å². The van der Waals surface area contributed by atoms with E-state index in [-0.39, 0.29) is 5.41 Å². The van der Waals surface area contributed by atoms with E-state index in [0.717, 1.165) is 12.2 Å². The van der Waals surface area contributed by atoms with Crippen LogP contribution in [0, 0.1) is 5.92 Å². The van der Waals surface area contributed by atoms with Gasteiger partial charge in [-0.1, -0.05) is 47.6 Å². The van der Waals surface area contributed by atoms with E-state index in [1.54, 1.807) is 0 Å². The number of hydrogen-bond donors (Lipinski definition) is 1. The van der Waals surface area contributed by atoms with Crippen molar-refractivity contribution in [2.75, 3.05) is 5.32 Å². The minimum Gasteiger partial charge on any atom is -0.367 e. The van der Waals surface area contributed by atoms with Gasteiger partial charge in [-0.05, 0) is 29.4 Å². The molecule has 1 unspecified atom stereocenters. The third-order valence-electron chi connectivity index (χ3n) is 3.21. The highest BCUT2D eigenvalue weighted by molar-refractivity contribution is 5.38. The summed E-state index contributed by atoms with van der Waals surface area (Å²) in [4.78, 5) is 4.50. The first kappa shape index (κ1) is 14.0. The van der Waals surface area contributed by atoms with Gasteiger partial charge in [-0.25, -0.2) is 4.98 Å². The predicted octanol–water partition coefficient (Wildman–Crippen LogP) is 4.23. The lowest BCUT2D eigenvalue weighted by Gasteiger charge is -2.22. The van der Waals surface area contributed by atoms with Crippen LogP contribution in [-0.2, 0) is 5.41 Å². The van der Waals surface area contributed by atoms with E-state index < -0.39 is 0 Å². The Hall–Kier alpha value is -1.05. The van der Waals surface area contributed by atoms with Crippen LogP contribution in [0.3, 0.4) is 0 Å². The van der Waals surface area contributed by atoms with Crippen molar-refractivity contribution in [1.29, 1.82) is 0 Å². The first-order valence-electron chi connectivity index (χ1n) is 6.57. The van der Waals surface area contributed by atoms with Gasteiger partial charge < -0.3 is 5.32 Å². The number of pyridine rings is 1. The third kappa shape index (κ3) is 4.03. The Balaban J connectivity index is 2.75. The highest BCUT2D eigenvalue weighted by Crippen LogP contribution is 2.22. The number of hydrogen-bond acceptors (Lipinski definition) is 2. The average Bonchev–Trinajstić information content (AvgIpc) is 2.25. The van der Waals surface area contributed by atoms with Gasteiger partial charge in [-0.3, -0.25) is 0 Å². The van der Waals surface area contributed by atoms with Crippen LogP contribution in [0.2, 0.25) is 0 Å². The van der Waals surface area contributed by atoms with E-state index in [0.29, 0.717) is 12.0 Å². The van der Waals surface area contributed by atoms with Gasteiger partial charge in [0.25, 0.3) is 0 Å². The molecule has 0 aliphatic heterocycles. The molecular formula is C15H26N2. The van der Waals surface area contributed by atoms with Gasteiger partial charge in [-0.15, -0.1) is 0 Å². The lowest BCUT2D eigenvalue weighted by molar-refractivity contribution is 0.509. The Morgan fingerprint density at radius 2 is 1.88 bits per heavy atom. The molecule has 1 aromatic heterocycles. The summed E-state index contributed by atoms with van der Waals surface area (Å²) in [5.41, 5.74) is 1.45. The minimum absolute atomic E-state index is 0.174. The van der Waals surface area contributed by atoms with Crippen molar-refractivity contribution in [3.8, 4) is 0 Å². The van der Waals surface area contributed by atoms with Crippen LogP contribution in [0.5, 0.6) is 0 Å². The molecule has 0 amide bonds. The summed E-state index contributed by atoms with van der Waals surface area (Å²) in [6, 6.07) is 4.76. The fraction of sp³-hybridized carbons (Fsp3) is 0.667. The Bertz CT molecular complexity index is 333. The van der Waals surface area contributed by atoms with E-state index in [1.807, 2.05) is 6.20 Å². The molecule has 1 heterocycles. The normalized spacial score (nSPS) is 13.8. The zero-order chi connectivity index (χ0) is 13.1. The summed E-state index contributed by atoms with van der Waals surface area (Å²) in [6.07, 6.45) is 3.11. The van der Waals surface area contributed by atoms with Crippen LogP contribution < -0.4 is 5.32 Å². The molecule has 0 radical (unpaired) electrons. The standard InChI is InChI=1S/C15H26N2/c1-7-13(11(2)3)17-14-9-8-12(10-16-14)15(4,5)6/h8-11,13H,7H2,1-6H3,(H,16,17). The van der Waals surface area contributed by atoms with Crippen LogP contribution in [-0.4, -0.2) is 11.0 Å². The van der Waals surface area contributed by atoms with Crippen LogP contribution >= 0.6 is 0 Å². The van der Waals surface area contributed by atoms with E-state index in [1.165, 1.54) is 5.56 Å². The third-order valence-corrected chi connectivity index (χ3v) is 3.21. The highest BCUT2D eigenvalue weighted by atomic mass is 15.0. The number of nitrogens with one attached hydrogen (secondary N) is 1. The fourth-order valence-corrected chi connectivity index (χ4v) is 1.85. The van der Waals surface area contributed by atoms with Crippen molar-refractivity contribution < 1.29 is 0 Å². The largest absolute Gasteiger partial charge is 0.367 e. The van der Waals surface area contributed by atoms with Crippen LogP contribution in [0.4, 0.5) is 5.82 Å². The predicted molar refractivity (Wildman–Crippen MR) is 75.5 cm³/mol. The number of anilines is 1. The fourth-order valence-electron chi connectivity index (χ4n) is 1.85. The molecular weight excluding hydrogens is 208 g/mol. The number of rotatable bonds is 4. The number of nitrogens with zero attached hydrogens (tertiary/aromatic N) is 1. The lowest BCUT2D eigenvalue weighted by Crippen LogP contribution is -2.25. The summed E-state index contributed by atoms with van der Waals surface area (Å²) < 4.78 is 0. The molecule has 0 saturated heterocycles. The van der Waals surface area contributed by atoms with Crippen molar-refractivity contribution in [1.82, 2.24) is 4.98 Å². The molecule has 0 spiro atoms. The maximum Gasteiger partial charge on any atom is 0.126 e. The maximum absolute atomic E-state index is 4.50. The molecule has 1 rings (SSSR count). The molecule has 17 heavy (non-hydrogen) atoms. The Labute approximate surface area is 106 Å². The molecule has 1 N–H and O–H groups in total. The second-order valence-corrected chi connectivity index (χ2v) is 6.09. The molecule has 0 fully saturated rings. The van der Waals surface area contributed by atoms with Crippen molar-refractivity contribution in [2.24, 2.45) is 5.92 Å². The first-order valence-corrected chi connectivity index (χ1v) is 6.57. The van der Waals surface area contributed by atoms with Crippen molar-refractivity contribution in [3.63, 3.8) is 0 Å². The van der Waals surface area contributed by atoms with Crippen LogP contribution in [0.15, 0.2) is 18.3 Å². The Kier molecular flexibility index (Phi) is 4.55. The van der Waals surface area contributed by atoms with E-state index >= 15 is 0 Å². The molecule has 0 bridgehead atoms. The topological polar surface area (TPSA) is 24.9 Å². The van der Waals surface area contributed by atoms with Gasteiger partial charge in [0.1, 0.15) is 5.82 Å². The molecule has 96 valence electrons. The lowest BCUT2D eigenvalue weighted by atomic mass is 9.88. The molecule has 0 aliphatic rings. The molecule has 0 aliphatic carbocycles. The van der Waals surface area contributed by atoms with Gasteiger partial charge >= 0.3 is 0 Å². The van der Waals surface area contributed by atoms with Gasteiger partial charge in [0, 0.05) is 12.2 Å². The molecule has 0 saturated carbocycles. The Morgan fingerprint density at radius 1 is 1.24 bits per heavy atom. The average molecular weight is 234 g/mol. The molecule has 0 aromatic carbocycles. The van der Waals surface area contributed by atoms with Gasteiger partial charge in [0.05, 0.1) is 0 Å². The zero-order valence-electron chi connectivity index (χ0n) is 12.0. The first-order chi connectivity index (χ1) is 7.84. The van der Waals surface area contributed by atoms with Crippen LogP contribution in [0.25, 0.3) is 0 Å². The van der Waals surface area contributed by atoms with E-state index in [2.05, 4.69) is 64.0 Å². The quantitative estimate of drug-likeness (QED) is 0.843. The summed E-state index contributed by atoms with van der Waals surface area (Å²) in [6.45, 7) is 13.3. The zero-order valence-corrected chi connectivity index (χ0v) is 12.0.